The standard InChI is InChI=1S/C11H14F3N3O/c1-7(2)5-6-16-10(18)17(8-3-4-8)9(15-16)11(12,13)14/h5,8H,3-4,6H2,1-2H3. The van der Waals surface area contributed by atoms with Crippen LogP contribution in [0.15, 0.2) is 16.4 Å². The Bertz CT molecular complexity index is 531. The molecule has 1 aromatic heterocycles. The third-order valence-electron chi connectivity index (χ3n) is 2.71. The van der Waals surface area contributed by atoms with Crippen LogP contribution >= 0.6 is 0 Å². The van der Waals surface area contributed by atoms with E-state index in [2.05, 4.69) is 5.10 Å². The molecular weight excluding hydrogens is 247 g/mol. The van der Waals surface area contributed by atoms with E-state index in [-0.39, 0.29) is 12.6 Å². The van der Waals surface area contributed by atoms with Crippen molar-refractivity contribution in [1.29, 1.82) is 0 Å². The van der Waals surface area contributed by atoms with Crippen molar-refractivity contribution in [2.75, 3.05) is 0 Å². The van der Waals surface area contributed by atoms with E-state index in [1.807, 2.05) is 13.8 Å². The van der Waals surface area contributed by atoms with Crippen LogP contribution in [0.1, 0.15) is 38.6 Å². The number of allylic oxidation sites excluding steroid dienone is 2. The summed E-state index contributed by atoms with van der Waals surface area (Å²) in [5.41, 5.74) is 0.249. The number of hydrogen-bond acceptors (Lipinski definition) is 2. The Morgan fingerprint density at radius 3 is 2.50 bits per heavy atom. The number of halogens is 3. The molecule has 0 aromatic carbocycles. The van der Waals surface area contributed by atoms with Gasteiger partial charge in [-0.3, -0.25) is 4.57 Å². The van der Waals surface area contributed by atoms with Crippen molar-refractivity contribution in [3.63, 3.8) is 0 Å². The zero-order valence-electron chi connectivity index (χ0n) is 10.2. The molecule has 1 fully saturated rings. The van der Waals surface area contributed by atoms with Crippen LogP contribution in [-0.4, -0.2) is 14.3 Å². The average molecular weight is 261 g/mol. The molecule has 0 N–H and O–H groups in total. The second kappa shape index (κ2) is 4.29. The SMILES string of the molecule is CC(C)=CCn1nc(C(F)(F)F)n(C2CC2)c1=O. The second-order valence-electron chi connectivity index (χ2n) is 4.67. The molecule has 18 heavy (non-hydrogen) atoms. The molecular formula is C11H14F3N3O. The van der Waals surface area contributed by atoms with Crippen LogP contribution in [0.25, 0.3) is 0 Å². The van der Waals surface area contributed by atoms with Gasteiger partial charge in [-0.2, -0.15) is 13.2 Å². The lowest BCUT2D eigenvalue weighted by Gasteiger charge is -2.05. The summed E-state index contributed by atoms with van der Waals surface area (Å²) in [4.78, 5) is 11.9. The highest BCUT2D eigenvalue weighted by atomic mass is 19.4. The van der Waals surface area contributed by atoms with E-state index < -0.39 is 17.7 Å². The summed E-state index contributed by atoms with van der Waals surface area (Å²) in [5, 5.41) is 3.41. The van der Waals surface area contributed by atoms with Crippen molar-refractivity contribution in [2.45, 2.75) is 45.5 Å². The number of alkyl halides is 3. The molecule has 100 valence electrons. The fraction of sp³-hybridized carbons (Fsp3) is 0.636. The van der Waals surface area contributed by atoms with E-state index in [0.29, 0.717) is 12.8 Å². The maximum absolute atomic E-state index is 12.8. The number of rotatable bonds is 3. The number of hydrogen-bond donors (Lipinski definition) is 0. The molecule has 0 atom stereocenters. The summed E-state index contributed by atoms with van der Waals surface area (Å²) in [5.74, 6) is -1.09. The molecule has 7 heteroatoms. The highest BCUT2D eigenvalue weighted by Crippen LogP contribution is 2.38. The van der Waals surface area contributed by atoms with Gasteiger partial charge in [-0.1, -0.05) is 11.6 Å². The van der Waals surface area contributed by atoms with Crippen LogP contribution in [0.4, 0.5) is 13.2 Å². The van der Waals surface area contributed by atoms with Crippen molar-refractivity contribution in [2.24, 2.45) is 0 Å². The quantitative estimate of drug-likeness (QED) is 0.784. The van der Waals surface area contributed by atoms with Crippen LogP contribution in [-0.2, 0) is 12.7 Å². The van der Waals surface area contributed by atoms with Gasteiger partial charge in [0.2, 0.25) is 5.82 Å². The van der Waals surface area contributed by atoms with Gasteiger partial charge >= 0.3 is 11.9 Å². The summed E-state index contributed by atoms with van der Waals surface area (Å²) >= 11 is 0. The van der Waals surface area contributed by atoms with Gasteiger partial charge in [0.15, 0.2) is 0 Å². The minimum Gasteiger partial charge on any atom is -0.268 e. The summed E-state index contributed by atoms with van der Waals surface area (Å²) in [6, 6.07) is -0.338. The minimum absolute atomic E-state index is 0.0734. The molecule has 4 nitrogen and oxygen atoms in total. The number of aromatic nitrogens is 3. The summed E-state index contributed by atoms with van der Waals surface area (Å²) < 4.78 is 40.0. The molecule has 0 unspecified atom stereocenters. The highest BCUT2D eigenvalue weighted by molar-refractivity contribution is 5.01. The molecule has 1 saturated carbocycles. The van der Waals surface area contributed by atoms with E-state index in [0.717, 1.165) is 14.8 Å². The average Bonchev–Trinajstić information content (AvgIpc) is 2.99. The van der Waals surface area contributed by atoms with Crippen LogP contribution in [0.3, 0.4) is 0 Å². The maximum Gasteiger partial charge on any atom is 0.451 e. The Hall–Kier alpha value is -1.53. The largest absolute Gasteiger partial charge is 0.451 e. The van der Waals surface area contributed by atoms with Crippen molar-refractivity contribution < 1.29 is 13.2 Å². The summed E-state index contributed by atoms with van der Waals surface area (Å²) in [6.07, 6.45) is -1.70. The molecule has 0 spiro atoms. The predicted octanol–water partition coefficient (Wildman–Crippen LogP) is 2.36. The van der Waals surface area contributed by atoms with Crippen LogP contribution in [0.2, 0.25) is 0 Å². The molecule has 0 bridgehead atoms. The molecule has 1 heterocycles. The first kappa shape index (κ1) is 12.9. The first-order chi connectivity index (χ1) is 8.30. The van der Waals surface area contributed by atoms with Crippen molar-refractivity contribution in [3.05, 3.63) is 28.0 Å². The van der Waals surface area contributed by atoms with E-state index in [1.54, 1.807) is 6.08 Å². The van der Waals surface area contributed by atoms with Gasteiger partial charge < -0.3 is 0 Å². The lowest BCUT2D eigenvalue weighted by molar-refractivity contribution is -0.147. The normalized spacial score (nSPS) is 15.8. The van der Waals surface area contributed by atoms with Gasteiger partial charge in [-0.05, 0) is 26.7 Å². The molecule has 1 aliphatic carbocycles. The van der Waals surface area contributed by atoms with Crippen molar-refractivity contribution in [3.8, 4) is 0 Å². The zero-order chi connectivity index (χ0) is 13.5. The van der Waals surface area contributed by atoms with Crippen LogP contribution < -0.4 is 5.69 Å². The molecule has 1 aliphatic rings. The number of nitrogens with zero attached hydrogens (tertiary/aromatic N) is 3. The van der Waals surface area contributed by atoms with Crippen molar-refractivity contribution >= 4 is 0 Å². The first-order valence-corrected chi connectivity index (χ1v) is 5.70. The Labute approximate surface area is 102 Å². The Morgan fingerprint density at radius 2 is 2.06 bits per heavy atom. The smallest absolute Gasteiger partial charge is 0.268 e. The molecule has 0 saturated heterocycles. The Morgan fingerprint density at radius 1 is 1.44 bits per heavy atom. The zero-order valence-corrected chi connectivity index (χ0v) is 10.2. The van der Waals surface area contributed by atoms with Gasteiger partial charge in [0, 0.05) is 6.04 Å². The lowest BCUT2D eigenvalue weighted by atomic mass is 10.3. The molecule has 1 aromatic rings. The topological polar surface area (TPSA) is 39.8 Å². The van der Waals surface area contributed by atoms with Crippen LogP contribution in [0.5, 0.6) is 0 Å². The fourth-order valence-corrected chi connectivity index (χ4v) is 1.66. The van der Waals surface area contributed by atoms with Gasteiger partial charge in [0.1, 0.15) is 0 Å². The molecule has 0 aliphatic heterocycles. The lowest BCUT2D eigenvalue weighted by Crippen LogP contribution is -2.26. The second-order valence-corrected chi connectivity index (χ2v) is 4.67. The first-order valence-electron chi connectivity index (χ1n) is 5.70. The van der Waals surface area contributed by atoms with Crippen molar-refractivity contribution in [1.82, 2.24) is 14.3 Å². The van der Waals surface area contributed by atoms with E-state index in [4.69, 9.17) is 0 Å². The van der Waals surface area contributed by atoms with Gasteiger partial charge in [-0.15, -0.1) is 5.10 Å². The molecule has 0 amide bonds. The van der Waals surface area contributed by atoms with E-state index in [9.17, 15) is 18.0 Å². The highest BCUT2D eigenvalue weighted by Gasteiger charge is 2.42. The maximum atomic E-state index is 12.8. The third-order valence-corrected chi connectivity index (χ3v) is 2.71. The fourth-order valence-electron chi connectivity index (χ4n) is 1.66. The van der Waals surface area contributed by atoms with E-state index in [1.165, 1.54) is 0 Å². The molecule has 2 rings (SSSR count). The Balaban J connectivity index is 2.44. The summed E-state index contributed by atoms with van der Waals surface area (Å²) in [7, 11) is 0. The van der Waals surface area contributed by atoms with E-state index >= 15 is 0 Å². The minimum atomic E-state index is -4.59. The predicted molar refractivity (Wildman–Crippen MR) is 59.2 cm³/mol. The van der Waals surface area contributed by atoms with Gasteiger partial charge in [-0.25, -0.2) is 9.48 Å². The van der Waals surface area contributed by atoms with Gasteiger partial charge in [0.25, 0.3) is 0 Å². The van der Waals surface area contributed by atoms with Gasteiger partial charge in [0.05, 0.1) is 6.54 Å². The molecule has 0 radical (unpaired) electrons. The third kappa shape index (κ3) is 2.49. The monoisotopic (exact) mass is 261 g/mol. The van der Waals surface area contributed by atoms with Crippen LogP contribution in [0, 0.1) is 0 Å². The Kier molecular flexibility index (Phi) is 3.08. The summed E-state index contributed by atoms with van der Waals surface area (Å²) in [6.45, 7) is 3.70.